The third-order valence-electron chi connectivity index (χ3n) is 10.9. The summed E-state index contributed by atoms with van der Waals surface area (Å²) in [6, 6.07) is 27.5. The zero-order chi connectivity index (χ0) is 46.4. The van der Waals surface area contributed by atoms with Crippen LogP contribution in [0, 0.1) is 0 Å². The standard InChI is InChI=1S/C52H57N3O10S/c1-3-48(56)62-33-13-7-5-11-31-60-42-24-19-38(20-25-42)50(58)64-44-28-17-37(18-29-44)40-23-30-46(41(35-40)36-53-55-52-54-45-15-9-10-16-47(45)66-52)65-51(59)39-21-26-43(27-22-39)61-32-12-6-8-14-34-63-49(57)4-2/h3-4,9-10,15-16,19-27,30,35-37,44H,1-2,5-8,11-14,17-18,28-29,31-34H2,(H,54,55)/b53-36+. The van der Waals surface area contributed by atoms with E-state index in [1.807, 2.05) is 36.4 Å². The third kappa shape index (κ3) is 15.7. The molecule has 346 valence electrons. The van der Waals surface area contributed by atoms with E-state index in [1.54, 1.807) is 60.8 Å². The monoisotopic (exact) mass is 915 g/mol. The molecule has 0 radical (unpaired) electrons. The van der Waals surface area contributed by atoms with Crippen LogP contribution in [0.1, 0.15) is 115 Å². The number of nitrogens with zero attached hydrogens (tertiary/aromatic N) is 2. The molecule has 6 rings (SSSR count). The molecule has 0 bridgehead atoms. The Morgan fingerprint density at radius 1 is 0.667 bits per heavy atom. The summed E-state index contributed by atoms with van der Waals surface area (Å²) >= 11 is 1.49. The maximum atomic E-state index is 13.4. The SMILES string of the molecule is C=CC(=O)OCCCCCCOc1ccc(C(=O)Oc2ccc(C3CCC(OC(=O)c4ccc(OCCCCCCOC(=O)C=C)cc4)CC3)cc2/C=N/Nc2nc3ccccc3s2)cc1. The van der Waals surface area contributed by atoms with Gasteiger partial charge < -0.3 is 28.4 Å². The van der Waals surface area contributed by atoms with E-state index in [1.165, 1.54) is 11.3 Å². The summed E-state index contributed by atoms with van der Waals surface area (Å²) in [6.45, 7) is 8.63. The Bertz CT molecular complexity index is 2370. The van der Waals surface area contributed by atoms with Crippen LogP contribution in [0.4, 0.5) is 5.13 Å². The van der Waals surface area contributed by atoms with Gasteiger partial charge in [-0.1, -0.05) is 42.7 Å². The first-order valence-corrected chi connectivity index (χ1v) is 23.4. The van der Waals surface area contributed by atoms with Gasteiger partial charge in [-0.05, 0) is 161 Å². The molecule has 0 unspecified atom stereocenters. The molecule has 0 saturated heterocycles. The normalized spacial score (nSPS) is 14.5. The van der Waals surface area contributed by atoms with E-state index < -0.39 is 17.9 Å². The van der Waals surface area contributed by atoms with Crippen molar-refractivity contribution < 1.29 is 47.6 Å². The van der Waals surface area contributed by atoms with Crippen molar-refractivity contribution in [2.24, 2.45) is 5.10 Å². The number of nitrogens with one attached hydrogen (secondary N) is 1. The summed E-state index contributed by atoms with van der Waals surface area (Å²) in [5.74, 6) is 0.219. The fourth-order valence-corrected chi connectivity index (χ4v) is 8.13. The third-order valence-corrected chi connectivity index (χ3v) is 11.9. The lowest BCUT2D eigenvalue weighted by molar-refractivity contribution is -0.138. The number of ether oxygens (including phenoxy) is 6. The number of benzene rings is 4. The van der Waals surface area contributed by atoms with Crippen LogP contribution in [0.15, 0.2) is 121 Å². The Kier molecular flexibility index (Phi) is 19.3. The highest BCUT2D eigenvalue weighted by molar-refractivity contribution is 7.22. The summed E-state index contributed by atoms with van der Waals surface area (Å²) in [6.07, 6.45) is 13.8. The summed E-state index contributed by atoms with van der Waals surface area (Å²) in [7, 11) is 0. The Morgan fingerprint density at radius 3 is 1.80 bits per heavy atom. The second kappa shape index (κ2) is 26.2. The molecular weight excluding hydrogens is 859 g/mol. The van der Waals surface area contributed by atoms with E-state index in [0.29, 0.717) is 78.3 Å². The molecule has 66 heavy (non-hydrogen) atoms. The van der Waals surface area contributed by atoms with Gasteiger partial charge >= 0.3 is 23.9 Å². The van der Waals surface area contributed by atoms with Crippen molar-refractivity contribution >= 4 is 56.8 Å². The number of hydrogen-bond donors (Lipinski definition) is 1. The fraction of sp³-hybridized carbons (Fsp3) is 0.346. The van der Waals surface area contributed by atoms with Crippen LogP contribution in [0.2, 0.25) is 0 Å². The van der Waals surface area contributed by atoms with Gasteiger partial charge in [0.1, 0.15) is 23.4 Å². The van der Waals surface area contributed by atoms with Crippen molar-refractivity contribution in [2.75, 3.05) is 31.9 Å². The van der Waals surface area contributed by atoms with Crippen LogP contribution in [-0.4, -0.2) is 67.6 Å². The molecule has 0 amide bonds. The highest BCUT2D eigenvalue weighted by Gasteiger charge is 2.26. The fourth-order valence-electron chi connectivity index (χ4n) is 7.32. The minimum absolute atomic E-state index is 0.201. The topological polar surface area (TPSA) is 161 Å². The van der Waals surface area contributed by atoms with E-state index in [-0.39, 0.29) is 18.0 Å². The minimum Gasteiger partial charge on any atom is -0.494 e. The number of carbonyl (C=O) groups is 4. The molecule has 14 heteroatoms. The van der Waals surface area contributed by atoms with Gasteiger partial charge in [-0.3, -0.25) is 5.43 Å². The first-order chi connectivity index (χ1) is 32.3. The average molecular weight is 916 g/mol. The molecule has 4 aromatic carbocycles. The molecule has 13 nitrogen and oxygen atoms in total. The summed E-state index contributed by atoms with van der Waals surface area (Å²) in [5, 5.41) is 5.13. The number of unbranched alkanes of at least 4 members (excludes halogenated alkanes) is 6. The van der Waals surface area contributed by atoms with Crippen molar-refractivity contribution in [1.82, 2.24) is 4.98 Å². The van der Waals surface area contributed by atoms with E-state index >= 15 is 0 Å². The number of thiazole rings is 1. The van der Waals surface area contributed by atoms with Crippen molar-refractivity contribution in [2.45, 2.75) is 89.1 Å². The van der Waals surface area contributed by atoms with Crippen LogP contribution < -0.4 is 19.6 Å². The van der Waals surface area contributed by atoms with Crippen LogP contribution in [0.25, 0.3) is 10.2 Å². The summed E-state index contributed by atoms with van der Waals surface area (Å²) in [4.78, 5) is 53.4. The van der Waals surface area contributed by atoms with E-state index in [0.717, 1.165) is 92.1 Å². The maximum absolute atomic E-state index is 13.4. The van der Waals surface area contributed by atoms with Crippen LogP contribution in [0.3, 0.4) is 0 Å². The lowest BCUT2D eigenvalue weighted by Gasteiger charge is -2.29. The number of esters is 4. The molecule has 1 fully saturated rings. The molecule has 1 aliphatic carbocycles. The van der Waals surface area contributed by atoms with E-state index in [2.05, 4.69) is 28.7 Å². The number of aromatic nitrogens is 1. The smallest absolute Gasteiger partial charge is 0.343 e. The van der Waals surface area contributed by atoms with Gasteiger partial charge in [0.05, 0.1) is 54.0 Å². The molecule has 0 aliphatic heterocycles. The number of anilines is 1. The second-order valence-corrected chi connectivity index (χ2v) is 16.8. The van der Waals surface area contributed by atoms with Crippen molar-refractivity contribution in [3.05, 3.63) is 139 Å². The second-order valence-electron chi connectivity index (χ2n) is 15.7. The largest absolute Gasteiger partial charge is 0.494 e. The molecule has 1 heterocycles. The zero-order valence-electron chi connectivity index (χ0n) is 37.2. The molecule has 1 aliphatic rings. The zero-order valence-corrected chi connectivity index (χ0v) is 38.0. The lowest BCUT2D eigenvalue weighted by Crippen LogP contribution is -2.24. The minimum atomic E-state index is -0.515. The molecule has 0 atom stereocenters. The van der Waals surface area contributed by atoms with Crippen molar-refractivity contribution in [3.63, 3.8) is 0 Å². The van der Waals surface area contributed by atoms with Crippen LogP contribution in [0.5, 0.6) is 17.2 Å². The molecule has 0 spiro atoms. The van der Waals surface area contributed by atoms with Crippen molar-refractivity contribution in [3.8, 4) is 17.2 Å². The van der Waals surface area contributed by atoms with Gasteiger partial charge in [-0.25, -0.2) is 24.2 Å². The average Bonchev–Trinajstić information content (AvgIpc) is 3.77. The lowest BCUT2D eigenvalue weighted by atomic mass is 9.82. The number of carbonyl (C=O) groups excluding carboxylic acids is 4. The van der Waals surface area contributed by atoms with Crippen LogP contribution in [-0.2, 0) is 23.8 Å². The molecule has 5 aromatic rings. The highest BCUT2D eigenvalue weighted by atomic mass is 32.1. The predicted octanol–water partition coefficient (Wildman–Crippen LogP) is 11.2. The van der Waals surface area contributed by atoms with Gasteiger partial charge in [-0.2, -0.15) is 5.10 Å². The predicted molar refractivity (Wildman–Crippen MR) is 256 cm³/mol. The number of fused-ring (bicyclic) bond motifs is 1. The van der Waals surface area contributed by atoms with Gasteiger partial charge in [0.15, 0.2) is 0 Å². The maximum Gasteiger partial charge on any atom is 0.343 e. The van der Waals surface area contributed by atoms with E-state index in [9.17, 15) is 19.2 Å². The Balaban J connectivity index is 0.989. The molecule has 1 saturated carbocycles. The van der Waals surface area contributed by atoms with Gasteiger partial charge in [0.25, 0.3) is 0 Å². The van der Waals surface area contributed by atoms with Gasteiger partial charge in [-0.15, -0.1) is 0 Å². The first-order valence-electron chi connectivity index (χ1n) is 22.5. The van der Waals surface area contributed by atoms with E-state index in [4.69, 9.17) is 28.4 Å². The Labute approximate surface area is 389 Å². The molecule has 1 N–H and O–H groups in total. The first kappa shape index (κ1) is 48.7. The van der Waals surface area contributed by atoms with Crippen LogP contribution >= 0.6 is 11.3 Å². The number of rotatable bonds is 26. The number of para-hydroxylation sites is 1. The molecular formula is C52H57N3O10S. The number of hydrazone groups is 1. The summed E-state index contributed by atoms with van der Waals surface area (Å²) < 4.78 is 34.7. The van der Waals surface area contributed by atoms with Gasteiger partial charge in [0, 0.05) is 17.7 Å². The highest BCUT2D eigenvalue weighted by Crippen LogP contribution is 2.36. The number of hydrogen-bond acceptors (Lipinski definition) is 14. The van der Waals surface area contributed by atoms with Gasteiger partial charge in [0.2, 0.25) is 5.13 Å². The molecule has 1 aromatic heterocycles. The Hall–Kier alpha value is -6.80. The summed E-state index contributed by atoms with van der Waals surface area (Å²) in [5.41, 5.74) is 6.45. The van der Waals surface area contributed by atoms with Crippen molar-refractivity contribution in [1.29, 1.82) is 0 Å². The Morgan fingerprint density at radius 2 is 1.23 bits per heavy atom. The quantitative estimate of drug-likeness (QED) is 0.0106.